The van der Waals surface area contributed by atoms with Crippen LogP contribution in [-0.4, -0.2) is 54.8 Å². The number of sulfone groups is 1. The first kappa shape index (κ1) is 24.0. The van der Waals surface area contributed by atoms with Crippen LogP contribution >= 0.6 is 27.5 Å². The van der Waals surface area contributed by atoms with E-state index in [0.29, 0.717) is 16.0 Å². The molecule has 0 unspecified atom stereocenters. The van der Waals surface area contributed by atoms with Crippen LogP contribution in [0, 0.1) is 5.41 Å². The van der Waals surface area contributed by atoms with Crippen molar-refractivity contribution in [1.82, 2.24) is 14.8 Å². The molecule has 0 atom stereocenters. The van der Waals surface area contributed by atoms with E-state index >= 15 is 0 Å². The highest BCUT2D eigenvalue weighted by atomic mass is 79.9. The molecule has 0 saturated heterocycles. The third kappa shape index (κ3) is 5.33. The SMILES string of the molecule is CS(=O)(=O)CC1(CN2CCn3c(c(Br)cc(C(=O)NCc4ccc(Cl)cc4)c3=O)C2=O)CC1. The van der Waals surface area contributed by atoms with Gasteiger partial charge >= 0.3 is 0 Å². The van der Waals surface area contributed by atoms with E-state index in [1.807, 2.05) is 0 Å². The Morgan fingerprint density at radius 3 is 2.45 bits per heavy atom. The van der Waals surface area contributed by atoms with E-state index in [1.165, 1.54) is 16.9 Å². The van der Waals surface area contributed by atoms with Crippen LogP contribution in [0.3, 0.4) is 0 Å². The van der Waals surface area contributed by atoms with Crippen molar-refractivity contribution in [3.63, 3.8) is 0 Å². The fourth-order valence-electron chi connectivity index (χ4n) is 4.21. The minimum absolute atomic E-state index is 0.0461. The molecule has 1 aromatic carbocycles. The number of hydrogen-bond donors (Lipinski definition) is 1. The van der Waals surface area contributed by atoms with Crippen LogP contribution in [0.2, 0.25) is 5.02 Å². The highest BCUT2D eigenvalue weighted by Gasteiger charge is 2.48. The summed E-state index contributed by atoms with van der Waals surface area (Å²) in [6.07, 6.45) is 2.71. The molecule has 8 nitrogen and oxygen atoms in total. The number of rotatable bonds is 7. The van der Waals surface area contributed by atoms with Gasteiger partial charge in [0, 0.05) is 47.3 Å². The van der Waals surface area contributed by atoms with E-state index in [4.69, 9.17) is 11.6 Å². The molecule has 1 saturated carbocycles. The normalized spacial score (nSPS) is 16.9. The second-order valence-electron chi connectivity index (χ2n) is 8.82. The molecule has 1 fully saturated rings. The Morgan fingerprint density at radius 2 is 1.85 bits per heavy atom. The van der Waals surface area contributed by atoms with Gasteiger partial charge in [-0.1, -0.05) is 23.7 Å². The van der Waals surface area contributed by atoms with Crippen molar-refractivity contribution in [2.24, 2.45) is 5.41 Å². The highest BCUT2D eigenvalue weighted by molar-refractivity contribution is 9.10. The van der Waals surface area contributed by atoms with Crippen LogP contribution < -0.4 is 10.9 Å². The van der Waals surface area contributed by atoms with E-state index in [9.17, 15) is 22.8 Å². The third-order valence-electron chi connectivity index (χ3n) is 5.99. The first-order valence-corrected chi connectivity index (χ1v) is 13.6. The number of amides is 2. The summed E-state index contributed by atoms with van der Waals surface area (Å²) >= 11 is 9.22. The molecular formula is C22H23BrClN3O5S. The Balaban J connectivity index is 1.52. The zero-order valence-electron chi connectivity index (χ0n) is 17.9. The molecule has 11 heteroatoms. The van der Waals surface area contributed by atoms with Crippen LogP contribution in [0.4, 0.5) is 0 Å². The molecule has 2 aromatic rings. The average Bonchev–Trinajstić information content (AvgIpc) is 3.48. The molecule has 1 aromatic heterocycles. The van der Waals surface area contributed by atoms with Crippen molar-refractivity contribution in [1.29, 1.82) is 0 Å². The van der Waals surface area contributed by atoms with E-state index in [1.54, 1.807) is 29.2 Å². The van der Waals surface area contributed by atoms with Gasteiger partial charge in [-0.25, -0.2) is 8.42 Å². The maximum Gasteiger partial charge on any atom is 0.271 e. The first-order valence-electron chi connectivity index (χ1n) is 10.4. The minimum Gasteiger partial charge on any atom is -0.348 e. The van der Waals surface area contributed by atoms with Gasteiger partial charge in [-0.2, -0.15) is 0 Å². The first-order chi connectivity index (χ1) is 15.5. The standard InChI is InChI=1S/C22H23BrClN3O5S/c1-33(31,32)13-22(6-7-22)12-26-8-9-27-18(21(26)30)17(23)10-16(20(27)29)19(28)25-11-14-2-4-15(24)5-3-14/h2-5,10H,6-9,11-13H2,1H3,(H,25,28). The number of pyridine rings is 1. The number of nitrogens with zero attached hydrogens (tertiary/aromatic N) is 2. The molecule has 176 valence electrons. The summed E-state index contributed by atoms with van der Waals surface area (Å²) in [5.74, 6) is -0.839. The van der Waals surface area contributed by atoms with Gasteiger partial charge in [0.05, 0.1) is 5.75 Å². The fraction of sp³-hybridized carbons (Fsp3) is 0.409. The van der Waals surface area contributed by atoms with Crippen LogP contribution in [-0.2, 0) is 22.9 Å². The smallest absolute Gasteiger partial charge is 0.271 e. The molecule has 4 rings (SSSR count). The second-order valence-corrected chi connectivity index (χ2v) is 12.2. The summed E-state index contributed by atoms with van der Waals surface area (Å²) in [6.45, 7) is 1.07. The average molecular weight is 557 g/mol. The van der Waals surface area contributed by atoms with Gasteiger partial charge in [-0.05, 0) is 52.5 Å². The molecule has 33 heavy (non-hydrogen) atoms. The number of carbonyl (C=O) groups excluding carboxylic acids is 2. The topological polar surface area (TPSA) is 106 Å². The van der Waals surface area contributed by atoms with Crippen molar-refractivity contribution in [3.8, 4) is 0 Å². The number of halogens is 2. The maximum absolute atomic E-state index is 13.2. The Kier molecular flexibility index (Phi) is 6.45. The Labute approximate surface area is 205 Å². The van der Waals surface area contributed by atoms with Crippen LogP contribution in [0.25, 0.3) is 0 Å². The van der Waals surface area contributed by atoms with Crippen LogP contribution in [0.15, 0.2) is 39.6 Å². The van der Waals surface area contributed by atoms with Crippen molar-refractivity contribution < 1.29 is 18.0 Å². The summed E-state index contributed by atoms with van der Waals surface area (Å²) in [7, 11) is -3.16. The van der Waals surface area contributed by atoms with Gasteiger partial charge in [-0.3, -0.25) is 14.4 Å². The number of carbonyl (C=O) groups is 2. The summed E-state index contributed by atoms with van der Waals surface area (Å²) in [5.41, 5.74) is 0.0118. The van der Waals surface area contributed by atoms with Crippen LogP contribution in [0.1, 0.15) is 39.3 Å². The Morgan fingerprint density at radius 1 is 1.18 bits per heavy atom. The molecule has 0 spiro atoms. The molecule has 2 aliphatic rings. The monoisotopic (exact) mass is 555 g/mol. The zero-order chi connectivity index (χ0) is 24.0. The lowest BCUT2D eigenvalue weighted by atomic mass is 10.1. The van der Waals surface area contributed by atoms with Gasteiger partial charge in [0.1, 0.15) is 21.1 Å². The lowest BCUT2D eigenvalue weighted by Crippen LogP contribution is -2.48. The largest absolute Gasteiger partial charge is 0.348 e. The molecular weight excluding hydrogens is 534 g/mol. The number of nitrogens with one attached hydrogen (secondary N) is 1. The van der Waals surface area contributed by atoms with Gasteiger partial charge in [-0.15, -0.1) is 0 Å². The van der Waals surface area contributed by atoms with Gasteiger partial charge in [0.25, 0.3) is 17.4 Å². The predicted molar refractivity (Wildman–Crippen MR) is 128 cm³/mol. The molecule has 0 bridgehead atoms. The molecule has 1 N–H and O–H groups in total. The van der Waals surface area contributed by atoms with Crippen molar-refractivity contribution in [3.05, 3.63) is 67.0 Å². The second kappa shape index (κ2) is 8.88. The summed E-state index contributed by atoms with van der Waals surface area (Å²) < 4.78 is 25.2. The van der Waals surface area contributed by atoms with Gasteiger partial charge < -0.3 is 14.8 Å². The number of aromatic nitrogens is 1. The minimum atomic E-state index is -3.16. The molecule has 1 aliphatic heterocycles. The van der Waals surface area contributed by atoms with Gasteiger partial charge in [0.2, 0.25) is 0 Å². The number of fused-ring (bicyclic) bond motifs is 1. The van der Waals surface area contributed by atoms with E-state index in [-0.39, 0.29) is 42.6 Å². The molecule has 1 aliphatic carbocycles. The van der Waals surface area contributed by atoms with E-state index in [0.717, 1.165) is 18.4 Å². The van der Waals surface area contributed by atoms with Crippen LogP contribution in [0.5, 0.6) is 0 Å². The lowest BCUT2D eigenvalue weighted by Gasteiger charge is -2.33. The molecule has 0 radical (unpaired) electrons. The van der Waals surface area contributed by atoms with Gasteiger partial charge in [0.15, 0.2) is 0 Å². The maximum atomic E-state index is 13.2. The summed E-state index contributed by atoms with van der Waals surface area (Å²) in [5, 5.41) is 3.31. The van der Waals surface area contributed by atoms with Crippen molar-refractivity contribution >= 4 is 49.2 Å². The lowest BCUT2D eigenvalue weighted by molar-refractivity contribution is 0.0663. The van der Waals surface area contributed by atoms with Crippen molar-refractivity contribution in [2.75, 3.05) is 25.1 Å². The quantitative estimate of drug-likeness (QED) is 0.564. The van der Waals surface area contributed by atoms with E-state index < -0.39 is 26.7 Å². The number of hydrogen-bond acceptors (Lipinski definition) is 5. The Bertz CT molecular complexity index is 1290. The number of benzene rings is 1. The zero-order valence-corrected chi connectivity index (χ0v) is 21.1. The third-order valence-corrected chi connectivity index (χ3v) is 7.98. The Hall–Kier alpha value is -2.17. The summed E-state index contributed by atoms with van der Waals surface area (Å²) in [4.78, 5) is 40.5. The fourth-order valence-corrected chi connectivity index (χ4v) is 6.45. The van der Waals surface area contributed by atoms with E-state index in [2.05, 4.69) is 21.2 Å². The predicted octanol–water partition coefficient (Wildman–Crippen LogP) is 2.47. The molecule has 2 heterocycles. The van der Waals surface area contributed by atoms with Crippen molar-refractivity contribution in [2.45, 2.75) is 25.9 Å². The highest BCUT2D eigenvalue weighted by Crippen LogP contribution is 2.47. The molecule has 2 amide bonds. The summed E-state index contributed by atoms with van der Waals surface area (Å²) in [6, 6.07) is 8.36.